The molecule has 1 saturated carbocycles. The molecule has 0 radical (unpaired) electrons. The number of β-amino-alcohol motifs (C(OH)–C–C–N with tert-alkyl or cyclic N) is 1. The highest BCUT2D eigenvalue weighted by Gasteiger charge is 2.47. The zero-order valence-electron chi connectivity index (χ0n) is 5.89. The van der Waals surface area contributed by atoms with E-state index >= 15 is 0 Å². The van der Waals surface area contributed by atoms with Crippen molar-refractivity contribution in [1.29, 1.82) is 0 Å². The fraction of sp³-hybridized carbons (Fsp3) is 1.00. The van der Waals surface area contributed by atoms with Crippen molar-refractivity contribution in [1.82, 2.24) is 3.11 Å². The van der Waals surface area contributed by atoms with E-state index in [0.717, 1.165) is 19.5 Å². The van der Waals surface area contributed by atoms with Gasteiger partial charge in [-0.3, -0.25) is 0 Å². The van der Waals surface area contributed by atoms with Gasteiger partial charge in [0.1, 0.15) is 0 Å². The molecule has 1 unspecified atom stereocenters. The molecule has 1 aliphatic carbocycles. The van der Waals surface area contributed by atoms with Crippen LogP contribution in [0.1, 0.15) is 19.3 Å². The lowest BCUT2D eigenvalue weighted by molar-refractivity contribution is 0.0347. The predicted molar refractivity (Wildman–Crippen MR) is 47.9 cm³/mol. The maximum atomic E-state index is 9.95. The fourth-order valence-corrected chi connectivity index (χ4v) is 2.56. The van der Waals surface area contributed by atoms with Crippen molar-refractivity contribution in [2.45, 2.75) is 24.9 Å². The van der Waals surface area contributed by atoms with Crippen molar-refractivity contribution < 1.29 is 5.11 Å². The van der Waals surface area contributed by atoms with Crippen LogP contribution in [0.15, 0.2) is 0 Å². The first-order valence-electron chi connectivity index (χ1n) is 3.84. The molecular formula is C7H12INO. The SMILES string of the molecule is OC1(C2CC2)CCN(I)C1. The summed E-state index contributed by atoms with van der Waals surface area (Å²) in [7, 11) is 0. The lowest BCUT2D eigenvalue weighted by Crippen LogP contribution is -2.32. The molecule has 2 aliphatic rings. The van der Waals surface area contributed by atoms with Crippen molar-refractivity contribution in [2.75, 3.05) is 13.1 Å². The molecule has 58 valence electrons. The summed E-state index contributed by atoms with van der Waals surface area (Å²) in [6.45, 7) is 1.95. The van der Waals surface area contributed by atoms with Crippen LogP contribution in [0.4, 0.5) is 0 Å². The second-order valence-electron chi connectivity index (χ2n) is 3.47. The van der Waals surface area contributed by atoms with Gasteiger partial charge in [0, 0.05) is 36.0 Å². The molecule has 10 heavy (non-hydrogen) atoms. The van der Waals surface area contributed by atoms with Gasteiger partial charge >= 0.3 is 0 Å². The summed E-state index contributed by atoms with van der Waals surface area (Å²) in [5.74, 6) is 0.632. The van der Waals surface area contributed by atoms with Crippen molar-refractivity contribution >= 4 is 22.9 Å². The summed E-state index contributed by atoms with van der Waals surface area (Å²) in [6, 6.07) is 0. The standard InChI is InChI=1S/C7H12INO/c8-9-4-3-7(10,5-9)6-1-2-6/h6,10H,1-5H2. The lowest BCUT2D eigenvalue weighted by Gasteiger charge is -2.20. The van der Waals surface area contributed by atoms with Crippen LogP contribution < -0.4 is 0 Å². The first kappa shape index (κ1) is 7.31. The Bertz CT molecular complexity index is 149. The topological polar surface area (TPSA) is 23.5 Å². The minimum atomic E-state index is -0.304. The van der Waals surface area contributed by atoms with E-state index in [1.54, 1.807) is 0 Å². The Morgan fingerprint density at radius 1 is 1.50 bits per heavy atom. The molecule has 1 atom stereocenters. The Hall–Kier alpha value is 0.650. The van der Waals surface area contributed by atoms with Gasteiger partial charge in [0.25, 0.3) is 0 Å². The molecule has 2 nitrogen and oxygen atoms in total. The minimum Gasteiger partial charge on any atom is -0.388 e. The molecule has 0 aromatic rings. The number of halogens is 1. The van der Waals surface area contributed by atoms with E-state index in [1.165, 1.54) is 12.8 Å². The number of nitrogens with zero attached hydrogens (tertiary/aromatic N) is 1. The van der Waals surface area contributed by atoms with E-state index in [1.807, 2.05) is 0 Å². The highest BCUT2D eigenvalue weighted by Crippen LogP contribution is 2.44. The highest BCUT2D eigenvalue weighted by atomic mass is 127. The van der Waals surface area contributed by atoms with E-state index in [-0.39, 0.29) is 5.60 Å². The molecule has 0 bridgehead atoms. The van der Waals surface area contributed by atoms with Crippen molar-refractivity contribution in [3.8, 4) is 0 Å². The van der Waals surface area contributed by atoms with Crippen molar-refractivity contribution in [2.24, 2.45) is 5.92 Å². The lowest BCUT2D eigenvalue weighted by atomic mass is 9.97. The van der Waals surface area contributed by atoms with Crippen molar-refractivity contribution in [3.63, 3.8) is 0 Å². The minimum absolute atomic E-state index is 0.304. The Morgan fingerprint density at radius 3 is 2.60 bits per heavy atom. The smallest absolute Gasteiger partial charge is 0.0822 e. The van der Waals surface area contributed by atoms with E-state index < -0.39 is 0 Å². The quantitative estimate of drug-likeness (QED) is 0.560. The average molecular weight is 253 g/mol. The Labute approximate surface area is 75.1 Å². The molecule has 0 spiro atoms. The van der Waals surface area contributed by atoms with Gasteiger partial charge in [0.05, 0.1) is 5.60 Å². The Kier molecular flexibility index (Phi) is 1.69. The van der Waals surface area contributed by atoms with Crippen LogP contribution in [-0.4, -0.2) is 26.9 Å². The van der Waals surface area contributed by atoms with E-state index in [0.29, 0.717) is 5.92 Å². The molecule has 3 heteroatoms. The van der Waals surface area contributed by atoms with Gasteiger partial charge in [-0.2, -0.15) is 0 Å². The largest absolute Gasteiger partial charge is 0.388 e. The monoisotopic (exact) mass is 253 g/mol. The van der Waals surface area contributed by atoms with Crippen LogP contribution in [0.3, 0.4) is 0 Å². The molecule has 2 fully saturated rings. The third-order valence-electron chi connectivity index (χ3n) is 2.57. The van der Waals surface area contributed by atoms with E-state index in [4.69, 9.17) is 0 Å². The van der Waals surface area contributed by atoms with Crippen molar-refractivity contribution in [3.05, 3.63) is 0 Å². The molecule has 1 saturated heterocycles. The van der Waals surface area contributed by atoms with Crippen LogP contribution in [0.5, 0.6) is 0 Å². The van der Waals surface area contributed by atoms with Crippen LogP contribution >= 0.6 is 22.9 Å². The molecule has 2 rings (SSSR count). The van der Waals surface area contributed by atoms with Gasteiger partial charge in [0.15, 0.2) is 0 Å². The molecule has 1 N–H and O–H groups in total. The summed E-state index contributed by atoms with van der Waals surface area (Å²) in [4.78, 5) is 0. The Balaban J connectivity index is 2.01. The molecule has 0 aromatic heterocycles. The highest BCUT2D eigenvalue weighted by molar-refractivity contribution is 14.1. The average Bonchev–Trinajstić information content (AvgIpc) is 2.62. The molecule has 0 amide bonds. The van der Waals surface area contributed by atoms with Crippen LogP contribution in [0, 0.1) is 5.92 Å². The zero-order valence-corrected chi connectivity index (χ0v) is 8.04. The van der Waals surface area contributed by atoms with E-state index in [9.17, 15) is 5.11 Å². The normalized spacial score (nSPS) is 42.6. The first-order valence-corrected chi connectivity index (χ1v) is 4.80. The number of hydrogen-bond acceptors (Lipinski definition) is 2. The van der Waals surface area contributed by atoms with E-state index in [2.05, 4.69) is 26.0 Å². The number of aliphatic hydroxyl groups is 1. The second-order valence-corrected chi connectivity index (χ2v) is 4.84. The van der Waals surface area contributed by atoms with Gasteiger partial charge in [-0.15, -0.1) is 0 Å². The van der Waals surface area contributed by atoms with Crippen LogP contribution in [0.2, 0.25) is 0 Å². The summed E-state index contributed by atoms with van der Waals surface area (Å²) >= 11 is 2.29. The maximum Gasteiger partial charge on any atom is 0.0822 e. The van der Waals surface area contributed by atoms with Gasteiger partial charge < -0.3 is 5.11 Å². The summed E-state index contributed by atoms with van der Waals surface area (Å²) in [5, 5.41) is 9.95. The predicted octanol–water partition coefficient (Wildman–Crippen LogP) is 1.18. The summed E-state index contributed by atoms with van der Waals surface area (Å²) in [5.41, 5.74) is -0.304. The second kappa shape index (κ2) is 2.32. The molecule has 0 aromatic carbocycles. The van der Waals surface area contributed by atoms with Crippen LogP contribution in [0.25, 0.3) is 0 Å². The van der Waals surface area contributed by atoms with Gasteiger partial charge in [0.2, 0.25) is 0 Å². The Morgan fingerprint density at radius 2 is 2.20 bits per heavy atom. The number of rotatable bonds is 1. The third-order valence-corrected chi connectivity index (χ3v) is 3.39. The maximum absolute atomic E-state index is 9.95. The molecule has 1 heterocycles. The third kappa shape index (κ3) is 1.19. The summed E-state index contributed by atoms with van der Waals surface area (Å²) < 4.78 is 2.19. The first-order chi connectivity index (χ1) is 4.71. The fourth-order valence-electron chi connectivity index (χ4n) is 1.72. The van der Waals surface area contributed by atoms with Crippen LogP contribution in [-0.2, 0) is 0 Å². The number of hydrogen-bond donors (Lipinski definition) is 1. The van der Waals surface area contributed by atoms with Gasteiger partial charge in [-0.25, -0.2) is 3.11 Å². The summed E-state index contributed by atoms with van der Waals surface area (Å²) in [6.07, 6.45) is 3.49. The molecular weight excluding hydrogens is 241 g/mol. The van der Waals surface area contributed by atoms with Gasteiger partial charge in [-0.1, -0.05) is 0 Å². The zero-order chi connectivity index (χ0) is 7.19. The van der Waals surface area contributed by atoms with Gasteiger partial charge in [-0.05, 0) is 25.2 Å². The molecule has 1 aliphatic heterocycles.